The molecule has 0 bridgehead atoms. The molecule has 1 aliphatic rings. The van der Waals surface area contributed by atoms with Gasteiger partial charge < -0.3 is 15.4 Å². The van der Waals surface area contributed by atoms with Crippen LogP contribution in [0.1, 0.15) is 44.7 Å². The van der Waals surface area contributed by atoms with Crippen LogP contribution in [0.4, 0.5) is 4.39 Å². The van der Waals surface area contributed by atoms with Crippen LogP contribution in [0.2, 0.25) is 0 Å². The van der Waals surface area contributed by atoms with Crippen LogP contribution in [-0.2, 0) is 13.5 Å². The molecule has 0 fully saturated rings. The summed E-state index contributed by atoms with van der Waals surface area (Å²) >= 11 is 0. The van der Waals surface area contributed by atoms with Gasteiger partial charge in [0.05, 0.1) is 18.4 Å². The summed E-state index contributed by atoms with van der Waals surface area (Å²) in [7, 11) is 3.35. The highest BCUT2D eigenvalue weighted by atomic mass is 19.1. The first-order chi connectivity index (χ1) is 15.3. The molecule has 7 nitrogen and oxygen atoms in total. The lowest BCUT2D eigenvalue weighted by atomic mass is 9.90. The molecule has 0 saturated carbocycles. The molecule has 1 aromatic heterocycles. The Morgan fingerprint density at radius 2 is 2.12 bits per heavy atom. The number of nitrogens with zero attached hydrogens (tertiary/aromatic N) is 2. The Kier molecular flexibility index (Phi) is 7.25. The van der Waals surface area contributed by atoms with Crippen molar-refractivity contribution in [2.75, 3.05) is 20.2 Å². The van der Waals surface area contributed by atoms with Crippen LogP contribution in [0, 0.1) is 0 Å². The highest BCUT2D eigenvalue weighted by Crippen LogP contribution is 2.41. The number of carbonyl (C=O) groups is 2. The number of amides is 2. The SMILES string of the molecule is C=C(/C=C\C(F)=C/C)[C@H]1COc2c(C(=O)NC)cc(C(=O)NCCc3cnn(C)c3)cc21. The first kappa shape index (κ1) is 23.0. The number of hydrogen-bond donors (Lipinski definition) is 2. The van der Waals surface area contributed by atoms with Gasteiger partial charge in [-0.1, -0.05) is 18.7 Å². The van der Waals surface area contributed by atoms with E-state index in [2.05, 4.69) is 22.3 Å². The van der Waals surface area contributed by atoms with Crippen molar-refractivity contribution < 1.29 is 18.7 Å². The van der Waals surface area contributed by atoms with E-state index in [0.29, 0.717) is 35.4 Å². The Morgan fingerprint density at radius 3 is 2.78 bits per heavy atom. The summed E-state index contributed by atoms with van der Waals surface area (Å²) in [6.45, 7) is 6.31. The second-order valence-electron chi connectivity index (χ2n) is 7.49. The largest absolute Gasteiger partial charge is 0.491 e. The molecular formula is C24H27FN4O3. The van der Waals surface area contributed by atoms with Gasteiger partial charge in [-0.2, -0.15) is 5.10 Å². The summed E-state index contributed by atoms with van der Waals surface area (Å²) in [5, 5.41) is 9.58. The van der Waals surface area contributed by atoms with Crippen LogP contribution >= 0.6 is 0 Å². The number of aromatic nitrogens is 2. The Hall–Kier alpha value is -3.68. The quantitative estimate of drug-likeness (QED) is 0.620. The van der Waals surface area contributed by atoms with Gasteiger partial charge in [0.25, 0.3) is 11.8 Å². The summed E-state index contributed by atoms with van der Waals surface area (Å²) in [5.74, 6) is -0.903. The van der Waals surface area contributed by atoms with E-state index < -0.39 is 0 Å². The van der Waals surface area contributed by atoms with E-state index in [1.54, 1.807) is 29.9 Å². The van der Waals surface area contributed by atoms with Crippen molar-refractivity contribution in [1.82, 2.24) is 20.4 Å². The van der Waals surface area contributed by atoms with Crippen LogP contribution < -0.4 is 15.4 Å². The zero-order valence-electron chi connectivity index (χ0n) is 18.4. The molecule has 1 aromatic carbocycles. The molecule has 0 radical (unpaired) electrons. The molecule has 0 aliphatic carbocycles. The fourth-order valence-corrected chi connectivity index (χ4v) is 3.49. The average molecular weight is 439 g/mol. The fraction of sp³-hybridized carbons (Fsp3) is 0.292. The minimum atomic E-state index is -0.377. The highest BCUT2D eigenvalue weighted by molar-refractivity contribution is 6.02. The maximum atomic E-state index is 13.5. The molecule has 0 spiro atoms. The number of aryl methyl sites for hydroxylation is 1. The molecule has 3 rings (SSSR count). The van der Waals surface area contributed by atoms with Gasteiger partial charge in [0.2, 0.25) is 0 Å². The van der Waals surface area contributed by atoms with E-state index in [-0.39, 0.29) is 35.7 Å². The number of benzene rings is 1. The molecule has 0 saturated heterocycles. The predicted molar refractivity (Wildman–Crippen MR) is 120 cm³/mol. The summed E-state index contributed by atoms with van der Waals surface area (Å²) in [6, 6.07) is 3.24. The van der Waals surface area contributed by atoms with Gasteiger partial charge in [-0.3, -0.25) is 14.3 Å². The molecule has 1 atom stereocenters. The van der Waals surface area contributed by atoms with Crippen LogP contribution in [0.3, 0.4) is 0 Å². The molecule has 8 heteroatoms. The normalized spacial score (nSPS) is 15.4. The van der Waals surface area contributed by atoms with Crippen molar-refractivity contribution in [3.8, 4) is 5.75 Å². The van der Waals surface area contributed by atoms with Gasteiger partial charge >= 0.3 is 0 Å². The lowest BCUT2D eigenvalue weighted by molar-refractivity contribution is 0.0954. The van der Waals surface area contributed by atoms with Crippen molar-refractivity contribution in [3.05, 3.63) is 83.0 Å². The second kappa shape index (κ2) is 10.1. The Balaban J connectivity index is 1.84. The molecule has 2 heterocycles. The van der Waals surface area contributed by atoms with Crippen LogP contribution in [0.5, 0.6) is 5.75 Å². The predicted octanol–water partition coefficient (Wildman–Crippen LogP) is 3.21. The van der Waals surface area contributed by atoms with E-state index in [4.69, 9.17) is 4.74 Å². The standard InChI is InChI=1S/C24H27FN4O3/c1-5-18(25)7-6-15(2)21-14-32-22-19(21)10-17(11-20(22)24(31)26-3)23(30)27-9-8-16-12-28-29(4)13-16/h5-7,10-13,21H,2,8-9,14H2,1,3-4H3,(H,26,31)(H,27,30)/b7-6-,18-5+/t21-/m1/s1. The molecule has 2 amide bonds. The second-order valence-corrected chi connectivity index (χ2v) is 7.49. The van der Waals surface area contributed by atoms with Crippen molar-refractivity contribution in [2.45, 2.75) is 19.3 Å². The average Bonchev–Trinajstić information content (AvgIpc) is 3.41. The number of fused-ring (bicyclic) bond motifs is 1. The van der Waals surface area contributed by atoms with Gasteiger partial charge in [-0.05, 0) is 42.7 Å². The molecule has 168 valence electrons. The topological polar surface area (TPSA) is 85.2 Å². The first-order valence-corrected chi connectivity index (χ1v) is 10.3. The van der Waals surface area contributed by atoms with Gasteiger partial charge in [-0.25, -0.2) is 4.39 Å². The lowest BCUT2D eigenvalue weighted by Crippen LogP contribution is -2.26. The number of halogens is 1. The van der Waals surface area contributed by atoms with E-state index in [1.165, 1.54) is 25.3 Å². The summed E-state index contributed by atoms with van der Waals surface area (Å²) in [6.07, 6.45) is 8.54. The van der Waals surface area contributed by atoms with Crippen molar-refractivity contribution >= 4 is 11.8 Å². The van der Waals surface area contributed by atoms with E-state index >= 15 is 0 Å². The van der Waals surface area contributed by atoms with Gasteiger partial charge in [-0.15, -0.1) is 0 Å². The summed E-state index contributed by atoms with van der Waals surface area (Å²) in [5.41, 5.74) is 2.94. The van der Waals surface area contributed by atoms with E-state index in [0.717, 1.165) is 5.56 Å². The smallest absolute Gasteiger partial charge is 0.254 e. The highest BCUT2D eigenvalue weighted by Gasteiger charge is 2.31. The Morgan fingerprint density at radius 1 is 1.34 bits per heavy atom. The number of nitrogens with one attached hydrogen (secondary N) is 2. The molecule has 0 unspecified atom stereocenters. The third-order valence-corrected chi connectivity index (χ3v) is 5.26. The van der Waals surface area contributed by atoms with Crippen molar-refractivity contribution in [1.29, 1.82) is 0 Å². The lowest BCUT2D eigenvalue weighted by Gasteiger charge is -2.13. The third kappa shape index (κ3) is 5.14. The van der Waals surface area contributed by atoms with Crippen LogP contribution in [0.25, 0.3) is 0 Å². The number of hydrogen-bond acceptors (Lipinski definition) is 4. The molecule has 1 aliphatic heterocycles. The van der Waals surface area contributed by atoms with E-state index in [9.17, 15) is 14.0 Å². The fourth-order valence-electron chi connectivity index (χ4n) is 3.49. The Bertz CT molecular complexity index is 1100. The van der Waals surface area contributed by atoms with E-state index in [1.807, 2.05) is 13.2 Å². The number of rotatable bonds is 8. The minimum Gasteiger partial charge on any atom is -0.491 e. The van der Waals surface area contributed by atoms with Crippen LogP contribution in [0.15, 0.2) is 60.7 Å². The maximum Gasteiger partial charge on any atom is 0.254 e. The monoisotopic (exact) mass is 438 g/mol. The van der Waals surface area contributed by atoms with Gasteiger partial charge in [0, 0.05) is 43.9 Å². The molecule has 2 N–H and O–H groups in total. The Labute approximate surface area is 186 Å². The number of ether oxygens (including phenoxy) is 1. The molecule has 2 aromatic rings. The van der Waals surface area contributed by atoms with Gasteiger partial charge in [0.15, 0.2) is 0 Å². The van der Waals surface area contributed by atoms with Crippen molar-refractivity contribution in [3.63, 3.8) is 0 Å². The third-order valence-electron chi connectivity index (χ3n) is 5.26. The summed E-state index contributed by atoms with van der Waals surface area (Å²) < 4.78 is 21.0. The summed E-state index contributed by atoms with van der Waals surface area (Å²) in [4.78, 5) is 25.3. The van der Waals surface area contributed by atoms with Gasteiger partial charge in [0.1, 0.15) is 11.6 Å². The number of carbonyl (C=O) groups excluding carboxylic acids is 2. The number of allylic oxidation sites excluding steroid dienone is 4. The maximum absolute atomic E-state index is 13.5. The zero-order chi connectivity index (χ0) is 23.3. The van der Waals surface area contributed by atoms with Crippen LogP contribution in [-0.4, -0.2) is 41.8 Å². The molecular weight excluding hydrogens is 411 g/mol. The van der Waals surface area contributed by atoms with Crippen molar-refractivity contribution in [2.24, 2.45) is 7.05 Å². The first-order valence-electron chi connectivity index (χ1n) is 10.3. The molecule has 32 heavy (non-hydrogen) atoms. The minimum absolute atomic E-state index is 0.256. The zero-order valence-corrected chi connectivity index (χ0v) is 18.4.